The van der Waals surface area contributed by atoms with Crippen molar-refractivity contribution in [3.63, 3.8) is 0 Å². The fraction of sp³-hybridized carbons (Fsp3) is 0.385. The van der Waals surface area contributed by atoms with Gasteiger partial charge in [-0.3, -0.25) is 9.69 Å². The number of halogens is 1. The Hall–Kier alpha value is -1.75. The van der Waals surface area contributed by atoms with Crippen molar-refractivity contribution in [1.82, 2.24) is 10.2 Å². The van der Waals surface area contributed by atoms with Crippen LogP contribution in [0.3, 0.4) is 0 Å². The van der Waals surface area contributed by atoms with Crippen molar-refractivity contribution >= 4 is 23.5 Å². The summed E-state index contributed by atoms with van der Waals surface area (Å²) in [5, 5.41) is 3.14. The molecule has 1 aliphatic rings. The van der Waals surface area contributed by atoms with Gasteiger partial charge in [0.25, 0.3) is 5.91 Å². The van der Waals surface area contributed by atoms with Crippen LogP contribution >= 0.6 is 11.6 Å². The molecule has 102 valence electrons. The molecule has 0 aromatic heterocycles. The van der Waals surface area contributed by atoms with Crippen LogP contribution in [0.1, 0.15) is 18.9 Å². The van der Waals surface area contributed by atoms with Gasteiger partial charge in [0, 0.05) is 5.02 Å². The number of carbonyl (C=O) groups excluding carboxylic acids is 2. The summed E-state index contributed by atoms with van der Waals surface area (Å²) in [6.45, 7) is 2.00. The highest BCUT2D eigenvalue weighted by Crippen LogP contribution is 2.24. The number of urea groups is 1. The zero-order chi connectivity index (χ0) is 14.0. The summed E-state index contributed by atoms with van der Waals surface area (Å²) in [4.78, 5) is 24.9. The lowest BCUT2D eigenvalue weighted by atomic mass is 10.2. The van der Waals surface area contributed by atoms with Gasteiger partial charge >= 0.3 is 6.03 Å². The molecule has 0 saturated carbocycles. The Balaban J connectivity index is 2.21. The van der Waals surface area contributed by atoms with E-state index in [0.717, 1.165) is 0 Å². The molecule has 1 fully saturated rings. The van der Waals surface area contributed by atoms with Crippen molar-refractivity contribution in [1.29, 1.82) is 0 Å². The van der Waals surface area contributed by atoms with Gasteiger partial charge in [-0.2, -0.15) is 0 Å². The molecule has 0 spiro atoms. The summed E-state index contributed by atoms with van der Waals surface area (Å²) >= 11 is 6.07. The second-order valence-corrected chi connectivity index (χ2v) is 4.70. The van der Waals surface area contributed by atoms with Crippen molar-refractivity contribution in [2.45, 2.75) is 25.9 Å². The largest absolute Gasteiger partial charge is 0.497 e. The summed E-state index contributed by atoms with van der Waals surface area (Å²) in [5.74, 6) is 0.421. The molecule has 3 amide bonds. The lowest BCUT2D eigenvalue weighted by Crippen LogP contribution is -2.30. The van der Waals surface area contributed by atoms with E-state index in [-0.39, 0.29) is 18.5 Å². The number of imide groups is 1. The van der Waals surface area contributed by atoms with Crippen LogP contribution in [0.5, 0.6) is 5.75 Å². The number of amides is 3. The van der Waals surface area contributed by atoms with E-state index in [1.165, 1.54) is 4.90 Å². The number of nitrogens with one attached hydrogen (secondary N) is 1. The number of benzene rings is 1. The highest BCUT2D eigenvalue weighted by molar-refractivity contribution is 6.31. The molecule has 6 heteroatoms. The van der Waals surface area contributed by atoms with Gasteiger partial charge in [0.2, 0.25) is 0 Å². The molecule has 1 unspecified atom stereocenters. The number of nitrogens with zero attached hydrogens (tertiary/aromatic N) is 1. The zero-order valence-electron chi connectivity index (χ0n) is 10.8. The number of carbonyl (C=O) groups is 2. The number of methoxy groups -OCH3 is 1. The van der Waals surface area contributed by atoms with Crippen LogP contribution < -0.4 is 10.1 Å². The van der Waals surface area contributed by atoms with Crippen molar-refractivity contribution in [3.8, 4) is 5.75 Å². The number of hydrogen-bond acceptors (Lipinski definition) is 3. The minimum Gasteiger partial charge on any atom is -0.497 e. The first kappa shape index (κ1) is 13.7. The molecule has 1 aromatic rings. The monoisotopic (exact) mass is 282 g/mol. The Labute approximate surface area is 116 Å². The van der Waals surface area contributed by atoms with E-state index in [9.17, 15) is 9.59 Å². The van der Waals surface area contributed by atoms with Crippen molar-refractivity contribution < 1.29 is 14.3 Å². The third kappa shape index (κ3) is 2.66. The van der Waals surface area contributed by atoms with Gasteiger partial charge in [-0.25, -0.2) is 4.79 Å². The van der Waals surface area contributed by atoms with Gasteiger partial charge in [0.15, 0.2) is 0 Å². The van der Waals surface area contributed by atoms with Crippen LogP contribution in [0.15, 0.2) is 18.2 Å². The second-order valence-electron chi connectivity index (χ2n) is 4.29. The highest BCUT2D eigenvalue weighted by atomic mass is 35.5. The van der Waals surface area contributed by atoms with Crippen LogP contribution in [0.25, 0.3) is 0 Å². The lowest BCUT2D eigenvalue weighted by molar-refractivity contribution is -0.127. The smallest absolute Gasteiger partial charge is 0.325 e. The highest BCUT2D eigenvalue weighted by Gasteiger charge is 2.36. The first-order valence-electron chi connectivity index (χ1n) is 6.01. The Kier molecular flexibility index (Phi) is 3.95. The summed E-state index contributed by atoms with van der Waals surface area (Å²) in [5.41, 5.74) is 0.682. The average molecular weight is 283 g/mol. The van der Waals surface area contributed by atoms with Gasteiger partial charge in [-0.1, -0.05) is 18.5 Å². The van der Waals surface area contributed by atoms with E-state index in [1.54, 1.807) is 25.3 Å². The average Bonchev–Trinajstić information content (AvgIpc) is 2.68. The minimum absolute atomic E-state index is 0.150. The summed E-state index contributed by atoms with van der Waals surface area (Å²) < 4.78 is 5.11. The summed E-state index contributed by atoms with van der Waals surface area (Å²) in [7, 11) is 1.55. The van der Waals surface area contributed by atoms with E-state index in [0.29, 0.717) is 22.8 Å². The lowest BCUT2D eigenvalue weighted by Gasteiger charge is -2.14. The van der Waals surface area contributed by atoms with E-state index >= 15 is 0 Å². The molecule has 5 nitrogen and oxygen atoms in total. The Morgan fingerprint density at radius 3 is 2.74 bits per heavy atom. The van der Waals surface area contributed by atoms with Gasteiger partial charge in [0.1, 0.15) is 11.8 Å². The molecule has 0 radical (unpaired) electrons. The summed E-state index contributed by atoms with van der Waals surface area (Å²) in [6, 6.07) is 4.33. The molecule has 1 saturated heterocycles. The predicted octanol–water partition coefficient (Wildman–Crippen LogP) is 2.18. The van der Waals surface area contributed by atoms with Crippen LogP contribution in [-0.2, 0) is 11.3 Å². The predicted molar refractivity (Wildman–Crippen MR) is 71.2 cm³/mol. The van der Waals surface area contributed by atoms with E-state index in [1.807, 2.05) is 6.92 Å². The van der Waals surface area contributed by atoms with Gasteiger partial charge in [0.05, 0.1) is 13.7 Å². The fourth-order valence-corrected chi connectivity index (χ4v) is 2.15. The Morgan fingerprint density at radius 2 is 2.16 bits per heavy atom. The van der Waals surface area contributed by atoms with Gasteiger partial charge in [-0.15, -0.1) is 0 Å². The first-order valence-corrected chi connectivity index (χ1v) is 6.39. The fourth-order valence-electron chi connectivity index (χ4n) is 1.97. The van der Waals surface area contributed by atoms with Crippen molar-refractivity contribution in [2.24, 2.45) is 0 Å². The maximum absolute atomic E-state index is 12.0. The van der Waals surface area contributed by atoms with Crippen LogP contribution in [0.4, 0.5) is 4.79 Å². The molecule has 2 rings (SSSR count). The second kappa shape index (κ2) is 5.48. The normalized spacial score (nSPS) is 18.7. The number of hydrogen-bond donors (Lipinski definition) is 1. The maximum atomic E-state index is 12.0. The Bertz CT molecular complexity index is 519. The molecule has 19 heavy (non-hydrogen) atoms. The molecule has 1 atom stereocenters. The van der Waals surface area contributed by atoms with Crippen LogP contribution in [-0.4, -0.2) is 30.0 Å². The standard InChI is InChI=1S/C13H15ClN2O3/c1-3-11-12(17)16(13(18)15-11)7-8-6-9(19-2)4-5-10(8)14/h4-6,11H,3,7H2,1-2H3,(H,15,18). The molecule has 1 N–H and O–H groups in total. The van der Waals surface area contributed by atoms with E-state index in [4.69, 9.17) is 16.3 Å². The third-order valence-electron chi connectivity index (χ3n) is 3.10. The third-order valence-corrected chi connectivity index (χ3v) is 3.47. The van der Waals surface area contributed by atoms with Crippen LogP contribution in [0.2, 0.25) is 5.02 Å². The SMILES string of the molecule is CCC1NC(=O)N(Cc2cc(OC)ccc2Cl)C1=O. The summed E-state index contributed by atoms with van der Waals surface area (Å²) in [6.07, 6.45) is 0.576. The number of ether oxygens (including phenoxy) is 1. The van der Waals surface area contributed by atoms with E-state index in [2.05, 4.69) is 5.32 Å². The zero-order valence-corrected chi connectivity index (χ0v) is 11.5. The molecule has 1 aliphatic heterocycles. The molecule has 1 heterocycles. The van der Waals surface area contributed by atoms with E-state index < -0.39 is 6.04 Å². The van der Waals surface area contributed by atoms with Crippen LogP contribution in [0, 0.1) is 0 Å². The quantitative estimate of drug-likeness (QED) is 0.861. The first-order chi connectivity index (χ1) is 9.06. The molecule has 1 aromatic carbocycles. The van der Waals surface area contributed by atoms with Gasteiger partial charge in [-0.05, 0) is 30.2 Å². The number of rotatable bonds is 4. The van der Waals surface area contributed by atoms with Gasteiger partial charge < -0.3 is 10.1 Å². The van der Waals surface area contributed by atoms with Crippen molar-refractivity contribution in [3.05, 3.63) is 28.8 Å². The van der Waals surface area contributed by atoms with Crippen molar-refractivity contribution in [2.75, 3.05) is 7.11 Å². The maximum Gasteiger partial charge on any atom is 0.325 e. The Morgan fingerprint density at radius 1 is 1.42 bits per heavy atom. The molecular formula is C13H15ClN2O3. The molecular weight excluding hydrogens is 268 g/mol. The molecule has 0 bridgehead atoms. The molecule has 0 aliphatic carbocycles. The topological polar surface area (TPSA) is 58.6 Å². The minimum atomic E-state index is -0.433.